The van der Waals surface area contributed by atoms with E-state index in [1.54, 1.807) is 14.2 Å². The van der Waals surface area contributed by atoms with Gasteiger partial charge in [-0.2, -0.15) is 0 Å². The first kappa shape index (κ1) is 14.3. The topological polar surface area (TPSA) is 35.5 Å². The third-order valence-corrected chi connectivity index (χ3v) is 5.09. The molecule has 0 heterocycles. The molecule has 4 heteroatoms. The van der Waals surface area contributed by atoms with Gasteiger partial charge >= 0.3 is 0 Å². The van der Waals surface area contributed by atoms with Crippen molar-refractivity contribution in [1.29, 1.82) is 0 Å². The molecule has 0 radical (unpaired) electrons. The first-order valence-corrected chi connectivity index (χ1v) is 7.86. The van der Waals surface area contributed by atoms with Gasteiger partial charge in [0.2, 0.25) is 0 Å². The molecule has 0 spiro atoms. The Morgan fingerprint density at radius 1 is 1.11 bits per heavy atom. The second-order valence-electron chi connectivity index (χ2n) is 4.85. The Hall–Kier alpha value is -1.08. The minimum absolute atomic E-state index is 0.168. The maximum atomic E-state index is 12.5. The van der Waals surface area contributed by atoms with E-state index < -0.39 is 0 Å². The molecule has 1 saturated carbocycles. The van der Waals surface area contributed by atoms with Crippen LogP contribution in [0.15, 0.2) is 18.2 Å². The van der Waals surface area contributed by atoms with Gasteiger partial charge < -0.3 is 9.47 Å². The van der Waals surface area contributed by atoms with Gasteiger partial charge in [-0.25, -0.2) is 0 Å². The number of rotatable bonds is 5. The summed E-state index contributed by atoms with van der Waals surface area (Å²) in [5.41, 5.74) is 1.33. The molecular weight excluding hydrogens is 259 g/mol. The molecule has 1 unspecified atom stereocenters. The van der Waals surface area contributed by atoms with E-state index in [2.05, 4.69) is 0 Å². The summed E-state index contributed by atoms with van der Waals surface area (Å²) in [6.45, 7) is 0. The van der Waals surface area contributed by atoms with Crippen LogP contribution in [0.5, 0.6) is 11.5 Å². The third-order valence-electron chi connectivity index (χ3n) is 3.60. The summed E-state index contributed by atoms with van der Waals surface area (Å²) in [6, 6.07) is 5.49. The average molecular weight is 280 g/mol. The van der Waals surface area contributed by atoms with Crippen molar-refractivity contribution in [2.45, 2.75) is 37.8 Å². The maximum absolute atomic E-state index is 12.5. The van der Waals surface area contributed by atoms with Crippen LogP contribution in [0, 0.1) is 0 Å². The van der Waals surface area contributed by atoms with Crippen LogP contribution in [0.25, 0.3) is 0 Å². The molecule has 1 aliphatic rings. The molecule has 1 aromatic carbocycles. The summed E-state index contributed by atoms with van der Waals surface area (Å²) >= 11 is 0. The van der Waals surface area contributed by atoms with Crippen molar-refractivity contribution in [2.24, 2.45) is 0 Å². The second kappa shape index (κ2) is 6.91. The van der Waals surface area contributed by atoms with Crippen molar-refractivity contribution in [3.63, 3.8) is 0 Å². The van der Waals surface area contributed by atoms with Crippen LogP contribution in [0.3, 0.4) is 0 Å². The molecule has 2 rings (SSSR count). The molecule has 0 aromatic heterocycles. The normalized spacial score (nSPS) is 16.7. The molecule has 0 saturated heterocycles. The molecule has 1 aliphatic carbocycles. The highest BCUT2D eigenvalue weighted by atomic mass is 31.1. The molecule has 0 bridgehead atoms. The quantitative estimate of drug-likeness (QED) is 0.768. The van der Waals surface area contributed by atoms with E-state index in [0.29, 0.717) is 31.3 Å². The van der Waals surface area contributed by atoms with E-state index in [-0.39, 0.29) is 5.52 Å². The molecule has 0 N–H and O–H groups in total. The summed E-state index contributed by atoms with van der Waals surface area (Å²) in [5, 5.41) is 0. The van der Waals surface area contributed by atoms with Crippen molar-refractivity contribution in [3.05, 3.63) is 23.8 Å². The Balaban J connectivity index is 2.17. The molecule has 1 fully saturated rings. The van der Waals surface area contributed by atoms with Crippen LogP contribution in [0.1, 0.15) is 42.5 Å². The van der Waals surface area contributed by atoms with E-state index in [1.165, 1.54) is 32.1 Å². The van der Waals surface area contributed by atoms with E-state index in [4.69, 9.17) is 9.47 Å². The molecule has 3 nitrogen and oxygen atoms in total. The second-order valence-corrected chi connectivity index (χ2v) is 6.41. The Morgan fingerprint density at radius 3 is 2.21 bits per heavy atom. The van der Waals surface area contributed by atoms with Crippen LogP contribution in [-0.4, -0.2) is 25.4 Å². The minimum atomic E-state index is 0.168. The fourth-order valence-electron chi connectivity index (χ4n) is 2.58. The van der Waals surface area contributed by atoms with Gasteiger partial charge in [0.25, 0.3) is 0 Å². The Morgan fingerprint density at radius 2 is 1.68 bits per heavy atom. The zero-order valence-corrected chi connectivity index (χ0v) is 12.6. The SMILES string of the molecule is COc1cccc(OC)c1C(=O)PC1CCCCC1. The van der Waals surface area contributed by atoms with Crippen LogP contribution >= 0.6 is 8.58 Å². The van der Waals surface area contributed by atoms with E-state index in [0.717, 1.165) is 0 Å². The van der Waals surface area contributed by atoms with Crippen molar-refractivity contribution < 1.29 is 14.3 Å². The number of hydrogen-bond donors (Lipinski definition) is 0. The minimum Gasteiger partial charge on any atom is -0.496 e. The van der Waals surface area contributed by atoms with Crippen LogP contribution < -0.4 is 9.47 Å². The lowest BCUT2D eigenvalue weighted by atomic mass is 10.0. The van der Waals surface area contributed by atoms with Crippen molar-refractivity contribution in [2.75, 3.05) is 14.2 Å². The lowest BCUT2D eigenvalue weighted by Crippen LogP contribution is -2.10. The number of methoxy groups -OCH3 is 2. The van der Waals surface area contributed by atoms with Gasteiger partial charge in [0.1, 0.15) is 17.1 Å². The van der Waals surface area contributed by atoms with Gasteiger partial charge in [0.05, 0.1) is 14.2 Å². The maximum Gasteiger partial charge on any atom is 0.188 e. The lowest BCUT2D eigenvalue weighted by molar-refractivity contribution is 0.107. The van der Waals surface area contributed by atoms with E-state index in [1.807, 2.05) is 18.2 Å². The molecule has 19 heavy (non-hydrogen) atoms. The highest BCUT2D eigenvalue weighted by molar-refractivity contribution is 7.59. The summed E-state index contributed by atoms with van der Waals surface area (Å²) in [4.78, 5) is 12.5. The van der Waals surface area contributed by atoms with E-state index in [9.17, 15) is 4.79 Å². The van der Waals surface area contributed by atoms with Gasteiger partial charge in [0, 0.05) is 0 Å². The Labute approximate surface area is 116 Å². The first-order valence-electron chi connectivity index (χ1n) is 6.78. The van der Waals surface area contributed by atoms with Crippen molar-refractivity contribution in [1.82, 2.24) is 0 Å². The van der Waals surface area contributed by atoms with E-state index >= 15 is 0 Å². The van der Waals surface area contributed by atoms with Gasteiger partial charge in [-0.1, -0.05) is 25.3 Å². The third kappa shape index (κ3) is 3.48. The molecule has 1 aromatic rings. The first-order chi connectivity index (χ1) is 9.26. The highest BCUT2D eigenvalue weighted by Crippen LogP contribution is 2.40. The zero-order chi connectivity index (χ0) is 13.7. The van der Waals surface area contributed by atoms with Gasteiger partial charge in [-0.05, 0) is 39.2 Å². The number of carbonyl (C=O) groups is 1. The van der Waals surface area contributed by atoms with Crippen LogP contribution in [-0.2, 0) is 0 Å². The smallest absolute Gasteiger partial charge is 0.188 e. The monoisotopic (exact) mass is 280 g/mol. The average Bonchev–Trinajstić information content (AvgIpc) is 2.47. The Kier molecular flexibility index (Phi) is 5.21. The fraction of sp³-hybridized carbons (Fsp3) is 0.533. The highest BCUT2D eigenvalue weighted by Gasteiger charge is 2.23. The molecule has 104 valence electrons. The molecule has 0 aliphatic heterocycles. The number of ether oxygens (including phenoxy) is 2. The van der Waals surface area contributed by atoms with Crippen molar-refractivity contribution in [3.8, 4) is 11.5 Å². The predicted molar refractivity (Wildman–Crippen MR) is 79.1 cm³/mol. The zero-order valence-electron chi connectivity index (χ0n) is 11.6. The number of benzene rings is 1. The number of carbonyl (C=O) groups excluding carboxylic acids is 1. The predicted octanol–water partition coefficient (Wildman–Crippen LogP) is 3.86. The van der Waals surface area contributed by atoms with Crippen molar-refractivity contribution >= 4 is 14.1 Å². The summed E-state index contributed by atoms with van der Waals surface area (Å²) in [5.74, 6) is 1.24. The van der Waals surface area contributed by atoms with Gasteiger partial charge in [-0.15, -0.1) is 0 Å². The largest absolute Gasteiger partial charge is 0.496 e. The fourth-order valence-corrected chi connectivity index (χ4v) is 4.04. The van der Waals surface area contributed by atoms with Crippen LogP contribution in [0.2, 0.25) is 0 Å². The summed E-state index contributed by atoms with van der Waals surface area (Å²) < 4.78 is 10.6. The Bertz CT molecular complexity index is 417. The summed E-state index contributed by atoms with van der Waals surface area (Å²) in [6.07, 6.45) is 6.19. The summed E-state index contributed by atoms with van der Waals surface area (Å²) in [7, 11) is 3.52. The molecule has 0 amide bonds. The lowest BCUT2D eigenvalue weighted by Gasteiger charge is -2.21. The number of hydrogen-bond acceptors (Lipinski definition) is 3. The molecular formula is C15H21O3P. The standard InChI is InChI=1S/C15H21O3P/c1-17-12-9-6-10-13(18-2)14(12)15(16)19-11-7-4-3-5-8-11/h6,9-11,19H,3-5,7-8H2,1-2H3. The van der Waals surface area contributed by atoms with Crippen LogP contribution in [0.4, 0.5) is 0 Å². The van der Waals surface area contributed by atoms with Gasteiger partial charge in [0.15, 0.2) is 5.52 Å². The molecule has 1 atom stereocenters. The van der Waals surface area contributed by atoms with Gasteiger partial charge in [-0.3, -0.25) is 4.79 Å².